The summed E-state index contributed by atoms with van der Waals surface area (Å²) in [7, 11) is 0. The smallest absolute Gasteiger partial charge is 0.0547 e. The van der Waals surface area contributed by atoms with Gasteiger partial charge in [-0.05, 0) is 112 Å². The van der Waals surface area contributed by atoms with Gasteiger partial charge in [0.05, 0.1) is 11.0 Å². The molecule has 9 aromatic carbocycles. The Morgan fingerprint density at radius 2 is 0.964 bits per heavy atom. The van der Waals surface area contributed by atoms with Gasteiger partial charge in [0.25, 0.3) is 0 Å². The Hall–Kier alpha value is -6.94. The normalized spacial score (nSPS) is 11.6. The van der Waals surface area contributed by atoms with E-state index >= 15 is 0 Å². The lowest BCUT2D eigenvalue weighted by Gasteiger charge is -2.26. The van der Waals surface area contributed by atoms with Gasteiger partial charge in [0.15, 0.2) is 0 Å². The number of hydrogen-bond donors (Lipinski definition) is 0. The van der Waals surface area contributed by atoms with E-state index in [1.807, 2.05) is 11.3 Å². The summed E-state index contributed by atoms with van der Waals surface area (Å²) in [5, 5.41) is 7.65. The fraction of sp³-hybridized carbons (Fsp3) is 0. The molecule has 2 nitrogen and oxygen atoms in total. The molecule has 258 valence electrons. The highest BCUT2D eigenvalue weighted by Gasteiger charge is 2.18. The molecule has 0 aliphatic heterocycles. The average Bonchev–Trinajstić information content (AvgIpc) is 3.80. The molecule has 3 heteroatoms. The van der Waals surface area contributed by atoms with E-state index in [0.717, 1.165) is 17.1 Å². The van der Waals surface area contributed by atoms with Crippen molar-refractivity contribution in [2.45, 2.75) is 0 Å². The Balaban J connectivity index is 1.05. The molecular formula is C52H34N2S. The van der Waals surface area contributed by atoms with Crippen molar-refractivity contribution in [3.63, 3.8) is 0 Å². The summed E-state index contributed by atoms with van der Waals surface area (Å²) in [5.41, 5.74) is 11.8. The highest BCUT2D eigenvalue weighted by Crippen LogP contribution is 2.43. The highest BCUT2D eigenvalue weighted by molar-refractivity contribution is 7.25. The first kappa shape index (κ1) is 31.6. The molecule has 0 N–H and O–H groups in total. The zero-order chi connectivity index (χ0) is 36.3. The number of fused-ring (bicyclic) bond motifs is 8. The third-order valence-electron chi connectivity index (χ3n) is 11.0. The summed E-state index contributed by atoms with van der Waals surface area (Å²) < 4.78 is 5.01. The molecule has 0 saturated carbocycles. The van der Waals surface area contributed by atoms with Crippen LogP contribution < -0.4 is 4.90 Å². The third kappa shape index (κ3) is 5.32. The van der Waals surface area contributed by atoms with Crippen molar-refractivity contribution >= 4 is 81.1 Å². The van der Waals surface area contributed by atoms with Crippen LogP contribution in [0.3, 0.4) is 0 Å². The van der Waals surface area contributed by atoms with Gasteiger partial charge in [0, 0.05) is 53.7 Å². The number of benzene rings is 9. The van der Waals surface area contributed by atoms with Crippen molar-refractivity contribution in [1.82, 2.24) is 4.57 Å². The van der Waals surface area contributed by atoms with Crippen LogP contribution in [0, 0.1) is 0 Å². The van der Waals surface area contributed by atoms with Crippen molar-refractivity contribution < 1.29 is 0 Å². The second-order valence-electron chi connectivity index (χ2n) is 14.2. The highest BCUT2D eigenvalue weighted by atomic mass is 32.1. The molecule has 0 bridgehead atoms. The first-order valence-corrected chi connectivity index (χ1v) is 19.6. The van der Waals surface area contributed by atoms with Gasteiger partial charge in [0.1, 0.15) is 0 Å². The molecule has 55 heavy (non-hydrogen) atoms. The van der Waals surface area contributed by atoms with E-state index in [9.17, 15) is 0 Å². The second-order valence-corrected chi connectivity index (χ2v) is 15.2. The number of hydrogen-bond acceptors (Lipinski definition) is 2. The Kier molecular flexibility index (Phi) is 7.39. The largest absolute Gasteiger partial charge is 0.310 e. The quantitative estimate of drug-likeness (QED) is 0.166. The maximum atomic E-state index is 2.39. The molecular weight excluding hydrogens is 685 g/mol. The zero-order valence-electron chi connectivity index (χ0n) is 29.9. The average molecular weight is 719 g/mol. The fourth-order valence-corrected chi connectivity index (χ4v) is 9.47. The number of nitrogens with zero attached hydrogens (tertiary/aromatic N) is 2. The van der Waals surface area contributed by atoms with Crippen molar-refractivity contribution in [3.8, 4) is 27.9 Å². The van der Waals surface area contributed by atoms with Crippen LogP contribution in [0.1, 0.15) is 0 Å². The van der Waals surface area contributed by atoms with Crippen LogP contribution in [0.15, 0.2) is 206 Å². The van der Waals surface area contributed by atoms with E-state index < -0.39 is 0 Å². The standard InChI is InChI=1S/C52H34N2S/c1-3-12-35(13-4-1)38-14-11-17-42(32-38)53(43-29-31-51-47(34-43)44-18-8-10-21-50(44)55-51)41-27-24-36(25-28-41)39-23-22-37-26-30-49-52(46(37)33-39)45-19-7-9-20-48(45)54(49)40-15-5-2-6-16-40/h1-34H. The van der Waals surface area contributed by atoms with Gasteiger partial charge in [0.2, 0.25) is 0 Å². The summed E-state index contributed by atoms with van der Waals surface area (Å²) in [4.78, 5) is 2.39. The predicted octanol–water partition coefficient (Wildman–Crippen LogP) is 15.1. The molecule has 0 saturated heterocycles. The van der Waals surface area contributed by atoms with Crippen LogP contribution in [0.25, 0.3) is 80.7 Å². The van der Waals surface area contributed by atoms with Crippen LogP contribution in [-0.2, 0) is 0 Å². The SMILES string of the molecule is c1ccc(-c2cccc(N(c3ccc(-c4ccc5ccc6c(c5c4)c4ccccc4n6-c4ccccc4)cc3)c3ccc4sc5ccccc5c4c3)c2)cc1. The molecule has 0 aliphatic carbocycles. The number of anilines is 3. The fourth-order valence-electron chi connectivity index (χ4n) is 8.38. The molecule has 0 radical (unpaired) electrons. The molecule has 0 unspecified atom stereocenters. The number of thiophene rings is 1. The molecule has 2 aromatic heterocycles. The molecule has 0 atom stereocenters. The van der Waals surface area contributed by atoms with Crippen LogP contribution in [-0.4, -0.2) is 4.57 Å². The minimum absolute atomic E-state index is 1.11. The van der Waals surface area contributed by atoms with Gasteiger partial charge >= 0.3 is 0 Å². The van der Waals surface area contributed by atoms with Crippen LogP contribution in [0.4, 0.5) is 17.1 Å². The molecule has 0 fully saturated rings. The van der Waals surface area contributed by atoms with Crippen molar-refractivity contribution in [1.29, 1.82) is 0 Å². The molecule has 0 spiro atoms. The Morgan fingerprint density at radius 3 is 1.82 bits per heavy atom. The first-order chi connectivity index (χ1) is 27.3. The summed E-state index contributed by atoms with van der Waals surface area (Å²) in [6, 6.07) is 75.2. The molecule has 11 aromatic rings. The Morgan fingerprint density at radius 1 is 0.345 bits per heavy atom. The monoisotopic (exact) mass is 718 g/mol. The van der Waals surface area contributed by atoms with E-state index in [0.29, 0.717) is 0 Å². The number of rotatable bonds is 6. The van der Waals surface area contributed by atoms with Crippen molar-refractivity contribution in [2.75, 3.05) is 4.90 Å². The summed E-state index contributed by atoms with van der Waals surface area (Å²) in [5.74, 6) is 0. The van der Waals surface area contributed by atoms with Gasteiger partial charge in [-0.25, -0.2) is 0 Å². The van der Waals surface area contributed by atoms with Gasteiger partial charge < -0.3 is 9.47 Å². The molecule has 0 aliphatic rings. The van der Waals surface area contributed by atoms with Crippen molar-refractivity contribution in [3.05, 3.63) is 206 Å². The van der Waals surface area contributed by atoms with Crippen LogP contribution in [0.2, 0.25) is 0 Å². The molecule has 2 heterocycles. The van der Waals surface area contributed by atoms with Crippen molar-refractivity contribution in [2.24, 2.45) is 0 Å². The van der Waals surface area contributed by atoms with E-state index in [-0.39, 0.29) is 0 Å². The van der Waals surface area contributed by atoms with E-state index in [4.69, 9.17) is 0 Å². The minimum Gasteiger partial charge on any atom is -0.310 e. The van der Waals surface area contributed by atoms with Crippen LogP contribution in [0.5, 0.6) is 0 Å². The summed E-state index contributed by atoms with van der Waals surface area (Å²) in [6.07, 6.45) is 0. The zero-order valence-corrected chi connectivity index (χ0v) is 30.7. The van der Waals surface area contributed by atoms with Gasteiger partial charge in [-0.2, -0.15) is 0 Å². The molecule has 0 amide bonds. The maximum Gasteiger partial charge on any atom is 0.0547 e. The second kappa shape index (κ2) is 12.9. The molecule has 11 rings (SSSR count). The first-order valence-electron chi connectivity index (χ1n) is 18.8. The Labute approximate surface area is 323 Å². The van der Waals surface area contributed by atoms with Crippen LogP contribution >= 0.6 is 11.3 Å². The van der Waals surface area contributed by atoms with E-state index in [1.165, 1.54) is 80.7 Å². The van der Waals surface area contributed by atoms with Gasteiger partial charge in [-0.15, -0.1) is 11.3 Å². The number of para-hydroxylation sites is 2. The summed E-state index contributed by atoms with van der Waals surface area (Å²) >= 11 is 1.85. The lowest BCUT2D eigenvalue weighted by atomic mass is 9.97. The lowest BCUT2D eigenvalue weighted by Crippen LogP contribution is -2.10. The van der Waals surface area contributed by atoms with Gasteiger partial charge in [-0.1, -0.05) is 127 Å². The summed E-state index contributed by atoms with van der Waals surface area (Å²) in [6.45, 7) is 0. The Bertz CT molecular complexity index is 3190. The van der Waals surface area contributed by atoms with E-state index in [2.05, 4.69) is 216 Å². The minimum atomic E-state index is 1.11. The topological polar surface area (TPSA) is 8.17 Å². The van der Waals surface area contributed by atoms with E-state index in [1.54, 1.807) is 0 Å². The van der Waals surface area contributed by atoms with Gasteiger partial charge in [-0.3, -0.25) is 0 Å². The number of aromatic nitrogens is 1. The predicted molar refractivity (Wildman–Crippen MR) is 237 cm³/mol. The third-order valence-corrected chi connectivity index (χ3v) is 12.1. The lowest BCUT2D eigenvalue weighted by molar-refractivity contribution is 1.18. The maximum absolute atomic E-state index is 2.39.